The van der Waals surface area contributed by atoms with E-state index in [-0.39, 0.29) is 5.56 Å². The molecule has 0 aliphatic carbocycles. The van der Waals surface area contributed by atoms with Crippen LogP contribution < -0.4 is 11.3 Å². The Morgan fingerprint density at radius 3 is 2.75 bits per heavy atom. The van der Waals surface area contributed by atoms with Gasteiger partial charge in [0.15, 0.2) is 0 Å². The van der Waals surface area contributed by atoms with Crippen molar-refractivity contribution in [1.82, 2.24) is 9.97 Å². The fraction of sp³-hybridized carbons (Fsp3) is 0.167. The molecule has 16 heavy (non-hydrogen) atoms. The van der Waals surface area contributed by atoms with Crippen LogP contribution in [0.15, 0.2) is 29.1 Å². The van der Waals surface area contributed by atoms with Gasteiger partial charge in [-0.25, -0.2) is 4.98 Å². The minimum absolute atomic E-state index is 0.149. The molecule has 2 aromatic rings. The van der Waals surface area contributed by atoms with Gasteiger partial charge in [0.25, 0.3) is 5.56 Å². The van der Waals surface area contributed by atoms with Crippen LogP contribution in [0.5, 0.6) is 0 Å². The molecule has 4 heteroatoms. The molecule has 1 aromatic carbocycles. The summed E-state index contributed by atoms with van der Waals surface area (Å²) in [5, 5.41) is 0. The van der Waals surface area contributed by atoms with Crippen molar-refractivity contribution in [2.24, 2.45) is 0 Å². The average Bonchev–Trinajstić information content (AvgIpc) is 2.20. The van der Waals surface area contributed by atoms with E-state index in [0.29, 0.717) is 17.2 Å². The first-order chi connectivity index (χ1) is 7.58. The predicted octanol–water partition coefficient (Wildman–Crippen LogP) is 1.64. The second-order valence-corrected chi connectivity index (χ2v) is 3.74. The number of nitrogen functional groups attached to an aromatic ring is 1. The number of benzene rings is 1. The summed E-state index contributed by atoms with van der Waals surface area (Å²) in [5.41, 5.74) is 8.88. The highest BCUT2D eigenvalue weighted by atomic mass is 16.1. The number of hydrogen-bond acceptors (Lipinski definition) is 3. The number of rotatable bonds is 1. The first kappa shape index (κ1) is 10.4. The van der Waals surface area contributed by atoms with Crippen LogP contribution in [0.25, 0.3) is 11.3 Å². The smallest absolute Gasteiger partial charge is 0.251 e. The molecule has 0 aliphatic rings. The van der Waals surface area contributed by atoms with Gasteiger partial charge in [-0.15, -0.1) is 0 Å². The van der Waals surface area contributed by atoms with Gasteiger partial charge in [-0.1, -0.05) is 12.1 Å². The van der Waals surface area contributed by atoms with Crippen molar-refractivity contribution in [1.29, 1.82) is 0 Å². The number of nitrogens with two attached hydrogens (primary N) is 1. The van der Waals surface area contributed by atoms with Gasteiger partial charge >= 0.3 is 0 Å². The molecule has 0 aliphatic heterocycles. The van der Waals surface area contributed by atoms with E-state index >= 15 is 0 Å². The molecule has 82 valence electrons. The van der Waals surface area contributed by atoms with E-state index in [1.807, 2.05) is 25.1 Å². The van der Waals surface area contributed by atoms with Gasteiger partial charge < -0.3 is 10.7 Å². The summed E-state index contributed by atoms with van der Waals surface area (Å²) in [4.78, 5) is 18.3. The third-order valence-corrected chi connectivity index (χ3v) is 2.51. The van der Waals surface area contributed by atoms with Crippen molar-refractivity contribution < 1.29 is 0 Å². The van der Waals surface area contributed by atoms with Crippen molar-refractivity contribution in [3.8, 4) is 11.3 Å². The number of aryl methyl sites for hydroxylation is 1. The molecule has 4 nitrogen and oxygen atoms in total. The lowest BCUT2D eigenvalue weighted by molar-refractivity contribution is 1.02. The number of aromatic nitrogens is 2. The number of hydrogen-bond donors (Lipinski definition) is 2. The maximum Gasteiger partial charge on any atom is 0.251 e. The van der Waals surface area contributed by atoms with Crippen LogP contribution in [0.4, 0.5) is 5.69 Å². The SMILES string of the molecule is Cc1nc(-c2cccc(N)c2C)cc(=O)[nH]1. The van der Waals surface area contributed by atoms with Crippen LogP contribution in [0.1, 0.15) is 11.4 Å². The zero-order valence-electron chi connectivity index (χ0n) is 9.24. The van der Waals surface area contributed by atoms with E-state index in [1.54, 1.807) is 6.92 Å². The Kier molecular flexibility index (Phi) is 2.48. The zero-order chi connectivity index (χ0) is 11.7. The minimum atomic E-state index is -0.149. The molecule has 1 aromatic heterocycles. The van der Waals surface area contributed by atoms with Gasteiger partial charge in [-0.05, 0) is 25.5 Å². The second-order valence-electron chi connectivity index (χ2n) is 3.74. The Labute approximate surface area is 93.2 Å². The highest BCUT2D eigenvalue weighted by Crippen LogP contribution is 2.24. The number of nitrogens with one attached hydrogen (secondary N) is 1. The molecule has 0 fully saturated rings. The lowest BCUT2D eigenvalue weighted by Crippen LogP contribution is -2.09. The van der Waals surface area contributed by atoms with Crippen LogP contribution in [-0.4, -0.2) is 9.97 Å². The summed E-state index contributed by atoms with van der Waals surface area (Å²) in [5.74, 6) is 0.601. The van der Waals surface area contributed by atoms with Crippen molar-refractivity contribution in [3.63, 3.8) is 0 Å². The van der Waals surface area contributed by atoms with Gasteiger partial charge in [0, 0.05) is 17.3 Å². The number of H-pyrrole nitrogens is 1. The van der Waals surface area contributed by atoms with Crippen LogP contribution >= 0.6 is 0 Å². The summed E-state index contributed by atoms with van der Waals surface area (Å²) in [6, 6.07) is 7.08. The molecule has 0 amide bonds. The minimum Gasteiger partial charge on any atom is -0.398 e. The summed E-state index contributed by atoms with van der Waals surface area (Å²) >= 11 is 0. The van der Waals surface area contributed by atoms with Crippen LogP contribution in [0.2, 0.25) is 0 Å². The molecule has 0 atom stereocenters. The van der Waals surface area contributed by atoms with Crippen molar-refractivity contribution in [2.75, 3.05) is 5.73 Å². The van der Waals surface area contributed by atoms with Gasteiger partial charge in [0.2, 0.25) is 0 Å². The standard InChI is InChI=1S/C12H13N3O/c1-7-9(4-3-5-10(7)13)11-6-12(16)15-8(2)14-11/h3-6H,13H2,1-2H3,(H,14,15,16). The van der Waals surface area contributed by atoms with Crippen LogP contribution in [0, 0.1) is 13.8 Å². The maximum absolute atomic E-state index is 11.4. The first-order valence-electron chi connectivity index (χ1n) is 5.01. The monoisotopic (exact) mass is 215 g/mol. The predicted molar refractivity (Wildman–Crippen MR) is 64.2 cm³/mol. The van der Waals surface area contributed by atoms with E-state index < -0.39 is 0 Å². The number of nitrogens with zero attached hydrogens (tertiary/aromatic N) is 1. The highest BCUT2D eigenvalue weighted by Gasteiger charge is 2.06. The molecule has 1 heterocycles. The Morgan fingerprint density at radius 2 is 2.06 bits per heavy atom. The average molecular weight is 215 g/mol. The largest absolute Gasteiger partial charge is 0.398 e. The summed E-state index contributed by atoms with van der Waals surface area (Å²) in [6.45, 7) is 3.68. The third-order valence-electron chi connectivity index (χ3n) is 2.51. The lowest BCUT2D eigenvalue weighted by Gasteiger charge is -2.07. The molecule has 3 N–H and O–H groups in total. The molecule has 2 rings (SSSR count). The van der Waals surface area contributed by atoms with Crippen LogP contribution in [-0.2, 0) is 0 Å². The Balaban J connectivity index is 2.67. The van der Waals surface area contributed by atoms with Crippen molar-refractivity contribution in [2.45, 2.75) is 13.8 Å². The van der Waals surface area contributed by atoms with Gasteiger partial charge in [0.05, 0.1) is 5.69 Å². The zero-order valence-corrected chi connectivity index (χ0v) is 9.24. The Morgan fingerprint density at radius 1 is 1.31 bits per heavy atom. The summed E-state index contributed by atoms with van der Waals surface area (Å²) in [7, 11) is 0. The molecular weight excluding hydrogens is 202 g/mol. The Bertz CT molecular complexity index is 587. The van der Waals surface area contributed by atoms with Gasteiger partial charge in [-0.3, -0.25) is 4.79 Å². The third kappa shape index (κ3) is 1.82. The van der Waals surface area contributed by atoms with Gasteiger partial charge in [-0.2, -0.15) is 0 Å². The molecule has 0 spiro atoms. The van der Waals surface area contributed by atoms with Crippen molar-refractivity contribution >= 4 is 5.69 Å². The van der Waals surface area contributed by atoms with Crippen LogP contribution in [0.3, 0.4) is 0 Å². The number of anilines is 1. The summed E-state index contributed by atoms with van der Waals surface area (Å²) < 4.78 is 0. The molecule has 0 unspecified atom stereocenters. The van der Waals surface area contributed by atoms with E-state index in [1.165, 1.54) is 6.07 Å². The molecule has 0 radical (unpaired) electrons. The highest BCUT2D eigenvalue weighted by molar-refractivity contribution is 5.69. The summed E-state index contributed by atoms with van der Waals surface area (Å²) in [6.07, 6.45) is 0. The fourth-order valence-corrected chi connectivity index (χ4v) is 1.65. The normalized spacial score (nSPS) is 10.4. The molecular formula is C12H13N3O. The van der Waals surface area contributed by atoms with Crippen molar-refractivity contribution in [3.05, 3.63) is 46.0 Å². The molecule has 0 bridgehead atoms. The quantitative estimate of drug-likeness (QED) is 0.710. The molecule has 0 saturated carbocycles. The topological polar surface area (TPSA) is 71.8 Å². The van der Waals surface area contributed by atoms with E-state index in [9.17, 15) is 4.79 Å². The fourth-order valence-electron chi connectivity index (χ4n) is 1.65. The first-order valence-corrected chi connectivity index (χ1v) is 5.01. The van der Waals surface area contributed by atoms with E-state index in [0.717, 1.165) is 11.1 Å². The molecule has 0 saturated heterocycles. The van der Waals surface area contributed by atoms with Gasteiger partial charge in [0.1, 0.15) is 5.82 Å². The van der Waals surface area contributed by atoms with E-state index in [2.05, 4.69) is 9.97 Å². The second kappa shape index (κ2) is 3.81. The maximum atomic E-state index is 11.4. The van der Waals surface area contributed by atoms with E-state index in [4.69, 9.17) is 5.73 Å². The number of aromatic amines is 1. The lowest BCUT2D eigenvalue weighted by atomic mass is 10.0. The Hall–Kier alpha value is -2.10.